The topological polar surface area (TPSA) is 96.0 Å². The van der Waals surface area contributed by atoms with E-state index < -0.39 is 0 Å². The Balaban J connectivity index is 1.44. The Morgan fingerprint density at radius 1 is 1.24 bits per heavy atom. The maximum Gasteiger partial charge on any atom is 0.255 e. The van der Waals surface area contributed by atoms with Gasteiger partial charge in [0.1, 0.15) is 18.0 Å². The van der Waals surface area contributed by atoms with Crippen LogP contribution in [0.4, 0.5) is 5.82 Å². The lowest BCUT2D eigenvalue weighted by Crippen LogP contribution is -2.44. The molecule has 8 nitrogen and oxygen atoms in total. The van der Waals surface area contributed by atoms with Gasteiger partial charge < -0.3 is 19.9 Å². The van der Waals surface area contributed by atoms with E-state index in [-0.39, 0.29) is 18.1 Å². The number of hydrogen-bond acceptors (Lipinski definition) is 6. The highest BCUT2D eigenvalue weighted by molar-refractivity contribution is 6.35. The van der Waals surface area contributed by atoms with Gasteiger partial charge in [-0.3, -0.25) is 4.79 Å². The maximum atomic E-state index is 13.1. The number of morpholine rings is 1. The van der Waals surface area contributed by atoms with Crippen LogP contribution in [0.15, 0.2) is 36.7 Å². The van der Waals surface area contributed by atoms with Crippen LogP contribution in [0.25, 0.3) is 21.9 Å². The number of imidazole rings is 1. The molecular weight excluding hydrogens is 463 g/mol. The third-order valence-corrected chi connectivity index (χ3v) is 6.26. The largest absolute Gasteiger partial charge is 0.375 e. The quantitative estimate of drug-likeness (QED) is 0.429. The number of amides is 1. The number of hydrogen-bond donors (Lipinski definition) is 2. The predicted octanol–water partition coefficient (Wildman–Crippen LogP) is 4.85. The number of H-pyrrole nitrogens is 1. The van der Waals surface area contributed by atoms with Gasteiger partial charge in [-0.2, -0.15) is 0 Å². The molecule has 2 N–H and O–H groups in total. The Morgan fingerprint density at radius 3 is 2.91 bits per heavy atom. The van der Waals surface area contributed by atoms with Gasteiger partial charge in [-0.05, 0) is 44.2 Å². The molecule has 3 heterocycles. The molecule has 1 fully saturated rings. The Hall–Kier alpha value is -2.94. The zero-order valence-corrected chi connectivity index (χ0v) is 19.6. The summed E-state index contributed by atoms with van der Waals surface area (Å²) in [6, 6.07) is 8.82. The van der Waals surface area contributed by atoms with E-state index >= 15 is 0 Å². The maximum absolute atomic E-state index is 13.1. The van der Waals surface area contributed by atoms with E-state index in [1.165, 1.54) is 6.33 Å². The zero-order chi connectivity index (χ0) is 23.1. The first-order chi connectivity index (χ1) is 15.9. The van der Waals surface area contributed by atoms with Crippen molar-refractivity contribution in [3.63, 3.8) is 0 Å². The van der Waals surface area contributed by atoms with Gasteiger partial charge >= 0.3 is 0 Å². The number of ether oxygens (including phenoxy) is 1. The van der Waals surface area contributed by atoms with Gasteiger partial charge in [-0.1, -0.05) is 23.2 Å². The van der Waals surface area contributed by atoms with Crippen LogP contribution in [-0.4, -0.2) is 56.5 Å². The standard InChI is InChI=1S/C23H22Cl2N6O2/c1-12-10-31(5-6-33-12)23(32)15-9-19-16(8-17(15)25)22(27-11-26-19)28-13(2)21-29-18-4-3-14(24)7-20(18)30-21/h3-4,7-9,11-13H,5-6,10H2,1-2H3,(H,29,30)(H,26,27,28)/t12-,13-/m1/s1. The summed E-state index contributed by atoms with van der Waals surface area (Å²) in [5.41, 5.74) is 2.75. The van der Waals surface area contributed by atoms with E-state index in [0.29, 0.717) is 46.6 Å². The molecule has 2 atom stereocenters. The summed E-state index contributed by atoms with van der Waals surface area (Å²) in [6.07, 6.45) is 1.46. The van der Waals surface area contributed by atoms with Crippen LogP contribution in [0.3, 0.4) is 0 Å². The van der Waals surface area contributed by atoms with Crippen molar-refractivity contribution in [1.82, 2.24) is 24.8 Å². The Labute approximate surface area is 200 Å². The van der Waals surface area contributed by atoms with Crippen molar-refractivity contribution in [3.8, 4) is 0 Å². The fourth-order valence-corrected chi connectivity index (χ4v) is 4.42. The molecule has 2 aromatic carbocycles. The van der Waals surface area contributed by atoms with Crippen LogP contribution in [-0.2, 0) is 4.74 Å². The normalized spacial score (nSPS) is 17.5. The molecule has 1 amide bonds. The van der Waals surface area contributed by atoms with Crippen molar-refractivity contribution >= 4 is 56.9 Å². The van der Waals surface area contributed by atoms with Crippen LogP contribution in [0.5, 0.6) is 0 Å². The number of rotatable bonds is 4. The van der Waals surface area contributed by atoms with Crippen LogP contribution in [0.1, 0.15) is 36.1 Å². The highest BCUT2D eigenvalue weighted by Crippen LogP contribution is 2.30. The Morgan fingerprint density at radius 2 is 2.09 bits per heavy atom. The van der Waals surface area contributed by atoms with Gasteiger partial charge in [0.15, 0.2) is 0 Å². The van der Waals surface area contributed by atoms with Gasteiger partial charge in [0.2, 0.25) is 0 Å². The van der Waals surface area contributed by atoms with Crippen molar-refractivity contribution in [2.45, 2.75) is 26.0 Å². The number of benzene rings is 2. The van der Waals surface area contributed by atoms with Gasteiger partial charge in [0, 0.05) is 23.5 Å². The molecule has 0 unspecified atom stereocenters. The van der Waals surface area contributed by atoms with Crippen molar-refractivity contribution in [2.75, 3.05) is 25.0 Å². The number of anilines is 1. The van der Waals surface area contributed by atoms with Crippen LogP contribution in [0, 0.1) is 0 Å². The second kappa shape index (κ2) is 8.78. The number of nitrogens with one attached hydrogen (secondary N) is 2. The van der Waals surface area contributed by atoms with E-state index in [1.807, 2.05) is 32.0 Å². The molecule has 0 saturated carbocycles. The first-order valence-electron chi connectivity index (χ1n) is 10.7. The lowest BCUT2D eigenvalue weighted by molar-refractivity contribution is -0.0124. The first kappa shape index (κ1) is 21.9. The minimum atomic E-state index is -0.177. The summed E-state index contributed by atoms with van der Waals surface area (Å²) in [7, 11) is 0. The number of carbonyl (C=O) groups excluding carboxylic acids is 1. The average Bonchev–Trinajstić information content (AvgIpc) is 3.22. The molecule has 1 saturated heterocycles. The lowest BCUT2D eigenvalue weighted by Gasteiger charge is -2.31. The molecule has 1 aliphatic heterocycles. The highest BCUT2D eigenvalue weighted by Gasteiger charge is 2.25. The van der Waals surface area contributed by atoms with Crippen molar-refractivity contribution in [2.24, 2.45) is 0 Å². The Kier molecular flexibility index (Phi) is 5.82. The van der Waals surface area contributed by atoms with Gasteiger partial charge in [0.05, 0.1) is 45.9 Å². The molecule has 0 aliphatic carbocycles. The molecule has 4 aromatic rings. The third kappa shape index (κ3) is 4.34. The number of carbonyl (C=O) groups is 1. The molecule has 0 spiro atoms. The molecule has 33 heavy (non-hydrogen) atoms. The Bertz CT molecular complexity index is 1360. The second-order valence-corrected chi connectivity index (χ2v) is 9.00. The molecule has 10 heteroatoms. The number of aromatic nitrogens is 4. The van der Waals surface area contributed by atoms with Crippen molar-refractivity contribution in [1.29, 1.82) is 0 Å². The summed E-state index contributed by atoms with van der Waals surface area (Å²) in [4.78, 5) is 31.5. The molecule has 170 valence electrons. The molecule has 1 aliphatic rings. The summed E-state index contributed by atoms with van der Waals surface area (Å²) >= 11 is 12.6. The summed E-state index contributed by atoms with van der Waals surface area (Å²) in [6.45, 7) is 5.51. The minimum Gasteiger partial charge on any atom is -0.375 e. The minimum absolute atomic E-state index is 0.00387. The monoisotopic (exact) mass is 484 g/mol. The lowest BCUT2D eigenvalue weighted by atomic mass is 10.1. The van der Waals surface area contributed by atoms with Crippen molar-refractivity contribution < 1.29 is 9.53 Å². The number of fused-ring (bicyclic) bond motifs is 2. The first-order valence-corrected chi connectivity index (χ1v) is 11.4. The third-order valence-electron chi connectivity index (χ3n) is 5.71. The van der Waals surface area contributed by atoms with Gasteiger partial charge in [-0.15, -0.1) is 0 Å². The molecule has 5 rings (SSSR count). The van der Waals surface area contributed by atoms with E-state index in [4.69, 9.17) is 27.9 Å². The van der Waals surface area contributed by atoms with Gasteiger partial charge in [-0.25, -0.2) is 15.0 Å². The summed E-state index contributed by atoms with van der Waals surface area (Å²) in [5, 5.41) is 5.09. The van der Waals surface area contributed by atoms with E-state index in [1.54, 1.807) is 17.0 Å². The smallest absolute Gasteiger partial charge is 0.255 e. The fourth-order valence-electron chi connectivity index (χ4n) is 4.01. The predicted molar refractivity (Wildman–Crippen MR) is 129 cm³/mol. The number of halogens is 2. The van der Waals surface area contributed by atoms with E-state index in [0.717, 1.165) is 22.2 Å². The van der Waals surface area contributed by atoms with Crippen LogP contribution >= 0.6 is 23.2 Å². The zero-order valence-electron chi connectivity index (χ0n) is 18.1. The van der Waals surface area contributed by atoms with Gasteiger partial charge in [0.25, 0.3) is 5.91 Å². The molecule has 0 radical (unpaired) electrons. The molecular formula is C23H22Cl2N6O2. The summed E-state index contributed by atoms with van der Waals surface area (Å²) < 4.78 is 5.54. The SMILES string of the molecule is C[C@@H]1CN(C(=O)c2cc3ncnc(N[C@H](C)c4nc5cc(Cl)ccc5[nH]4)c3cc2Cl)CCO1. The molecule has 0 bridgehead atoms. The number of nitrogens with zero attached hydrogens (tertiary/aromatic N) is 4. The van der Waals surface area contributed by atoms with E-state index in [2.05, 4.69) is 25.3 Å². The van der Waals surface area contributed by atoms with E-state index in [9.17, 15) is 4.79 Å². The second-order valence-electron chi connectivity index (χ2n) is 8.15. The fraction of sp³-hybridized carbons (Fsp3) is 0.304. The average molecular weight is 485 g/mol. The highest BCUT2D eigenvalue weighted by atomic mass is 35.5. The summed E-state index contributed by atoms with van der Waals surface area (Å²) in [5.74, 6) is 1.23. The molecule has 2 aromatic heterocycles. The van der Waals surface area contributed by atoms with Crippen LogP contribution < -0.4 is 5.32 Å². The van der Waals surface area contributed by atoms with Crippen molar-refractivity contribution in [3.05, 3.63) is 58.1 Å². The number of aromatic amines is 1. The van der Waals surface area contributed by atoms with Crippen LogP contribution in [0.2, 0.25) is 10.0 Å².